The summed E-state index contributed by atoms with van der Waals surface area (Å²) in [5.41, 5.74) is 1.04. The van der Waals surface area contributed by atoms with Crippen LogP contribution in [0.1, 0.15) is 12.6 Å². The van der Waals surface area contributed by atoms with Gasteiger partial charge in [-0.05, 0) is 58.6 Å². The lowest BCUT2D eigenvalue weighted by molar-refractivity contribution is 1.03. The molecule has 2 nitrogen and oxygen atoms in total. The van der Waals surface area contributed by atoms with Crippen molar-refractivity contribution < 1.29 is 0 Å². The molecule has 0 aliphatic heterocycles. The monoisotopic (exact) mass is 342 g/mol. The van der Waals surface area contributed by atoms with Crippen molar-refractivity contribution in [1.29, 1.82) is 0 Å². The van der Waals surface area contributed by atoms with Crippen LogP contribution in [0.3, 0.4) is 0 Å². The number of aromatic nitrogens is 1. The lowest BCUT2D eigenvalue weighted by Gasteiger charge is -2.08. The number of benzene rings is 1. The number of rotatable bonds is 4. The van der Waals surface area contributed by atoms with Gasteiger partial charge in [-0.3, -0.25) is 0 Å². The van der Waals surface area contributed by atoms with Crippen molar-refractivity contribution in [1.82, 2.24) is 4.98 Å². The lowest BCUT2D eigenvalue weighted by Crippen LogP contribution is -1.95. The van der Waals surface area contributed by atoms with Crippen molar-refractivity contribution in [2.24, 2.45) is 0 Å². The molecule has 0 fully saturated rings. The van der Waals surface area contributed by atoms with Gasteiger partial charge in [-0.15, -0.1) is 0 Å². The van der Waals surface area contributed by atoms with Crippen molar-refractivity contribution in [2.75, 3.05) is 4.72 Å². The summed E-state index contributed by atoms with van der Waals surface area (Å²) in [6.07, 6.45) is 0.896. The lowest BCUT2D eigenvalue weighted by atomic mass is 10.3. The van der Waals surface area contributed by atoms with Crippen LogP contribution in [-0.2, 0) is 6.42 Å². The number of hydrogen-bond donors (Lipinski definition) is 1. The minimum Gasteiger partial charge on any atom is -0.310 e. The fourth-order valence-corrected chi connectivity index (χ4v) is 2.82. The average molecular weight is 344 g/mol. The Kier molecular flexibility index (Phi) is 4.92. The SMILES string of the molecule is CCc1nc(NSc2ccccc2Cl)ccc1Br. The van der Waals surface area contributed by atoms with Gasteiger partial charge in [0, 0.05) is 9.37 Å². The first-order valence-corrected chi connectivity index (χ1v) is 7.52. The molecule has 0 unspecified atom stereocenters. The molecule has 1 aromatic heterocycles. The Bertz CT molecular complexity index is 548. The Hall–Kier alpha value is -0.710. The third kappa shape index (κ3) is 3.40. The largest absolute Gasteiger partial charge is 0.310 e. The zero-order valence-corrected chi connectivity index (χ0v) is 12.9. The number of nitrogens with zero attached hydrogens (tertiary/aromatic N) is 1. The molecule has 18 heavy (non-hydrogen) atoms. The molecule has 0 radical (unpaired) electrons. The van der Waals surface area contributed by atoms with Gasteiger partial charge in [0.1, 0.15) is 5.82 Å². The number of anilines is 1. The topological polar surface area (TPSA) is 24.9 Å². The van der Waals surface area contributed by atoms with E-state index in [1.165, 1.54) is 11.9 Å². The van der Waals surface area contributed by atoms with Crippen LogP contribution in [0, 0.1) is 0 Å². The normalized spacial score (nSPS) is 10.4. The van der Waals surface area contributed by atoms with Gasteiger partial charge in [0.25, 0.3) is 0 Å². The van der Waals surface area contributed by atoms with Crippen LogP contribution in [0.4, 0.5) is 5.82 Å². The van der Waals surface area contributed by atoms with Gasteiger partial charge in [-0.2, -0.15) is 0 Å². The van der Waals surface area contributed by atoms with E-state index in [0.717, 1.165) is 32.3 Å². The zero-order valence-electron chi connectivity index (χ0n) is 9.78. The van der Waals surface area contributed by atoms with Gasteiger partial charge in [0.05, 0.1) is 10.7 Å². The molecule has 5 heteroatoms. The summed E-state index contributed by atoms with van der Waals surface area (Å²) in [6.45, 7) is 2.08. The summed E-state index contributed by atoms with van der Waals surface area (Å²) in [4.78, 5) is 5.50. The maximum Gasteiger partial charge on any atom is 0.136 e. The first-order valence-electron chi connectivity index (χ1n) is 5.53. The van der Waals surface area contributed by atoms with E-state index in [-0.39, 0.29) is 0 Å². The molecule has 2 aromatic rings. The highest BCUT2D eigenvalue weighted by molar-refractivity contribution is 9.10. The van der Waals surface area contributed by atoms with E-state index in [1.54, 1.807) is 0 Å². The fourth-order valence-electron chi connectivity index (χ4n) is 1.42. The molecular weight excluding hydrogens is 332 g/mol. The highest BCUT2D eigenvalue weighted by atomic mass is 79.9. The molecule has 0 aliphatic carbocycles. The molecule has 0 saturated carbocycles. The second kappa shape index (κ2) is 6.45. The molecule has 2 rings (SSSR count). The number of aryl methyl sites for hydroxylation is 1. The standard InChI is InChI=1S/C13H12BrClN2S/c1-2-11-9(14)7-8-13(16-11)17-18-12-6-4-3-5-10(12)15/h3-8H,2H2,1H3,(H,16,17). The van der Waals surface area contributed by atoms with E-state index in [0.29, 0.717) is 0 Å². The van der Waals surface area contributed by atoms with Gasteiger partial charge in [-0.25, -0.2) is 4.98 Å². The van der Waals surface area contributed by atoms with Crippen molar-refractivity contribution in [3.05, 3.63) is 51.6 Å². The fraction of sp³-hybridized carbons (Fsp3) is 0.154. The van der Waals surface area contributed by atoms with Crippen LogP contribution in [0.15, 0.2) is 45.8 Å². The van der Waals surface area contributed by atoms with E-state index in [9.17, 15) is 0 Å². The molecule has 0 spiro atoms. The summed E-state index contributed by atoms with van der Waals surface area (Å²) >= 11 is 11.0. The first-order chi connectivity index (χ1) is 8.70. The first kappa shape index (κ1) is 13.7. The van der Waals surface area contributed by atoms with Gasteiger partial charge in [0.15, 0.2) is 0 Å². The molecule has 0 bridgehead atoms. The Morgan fingerprint density at radius 2 is 2.06 bits per heavy atom. The number of halogens is 2. The third-order valence-electron chi connectivity index (χ3n) is 2.36. The Morgan fingerprint density at radius 1 is 1.28 bits per heavy atom. The van der Waals surface area contributed by atoms with Crippen LogP contribution in [0.25, 0.3) is 0 Å². The van der Waals surface area contributed by atoms with Crippen molar-refractivity contribution >= 4 is 45.3 Å². The molecule has 0 aliphatic rings. The van der Waals surface area contributed by atoms with Crippen molar-refractivity contribution in [2.45, 2.75) is 18.2 Å². The summed E-state index contributed by atoms with van der Waals surface area (Å²) in [5, 5.41) is 0.739. The molecular formula is C13H12BrClN2S. The Balaban J connectivity index is 2.09. The van der Waals surface area contributed by atoms with E-state index in [4.69, 9.17) is 11.6 Å². The summed E-state index contributed by atoms with van der Waals surface area (Å²) < 4.78 is 4.24. The van der Waals surface area contributed by atoms with Crippen LogP contribution in [0.5, 0.6) is 0 Å². The van der Waals surface area contributed by atoms with Crippen LogP contribution >= 0.6 is 39.5 Å². The van der Waals surface area contributed by atoms with Crippen molar-refractivity contribution in [3.8, 4) is 0 Å². The molecule has 1 N–H and O–H groups in total. The van der Waals surface area contributed by atoms with E-state index < -0.39 is 0 Å². The second-order valence-corrected chi connectivity index (χ2v) is 5.72. The number of hydrogen-bond acceptors (Lipinski definition) is 3. The molecule has 0 amide bonds. The molecule has 0 saturated heterocycles. The highest BCUT2D eigenvalue weighted by Crippen LogP contribution is 2.28. The van der Waals surface area contributed by atoms with Gasteiger partial charge < -0.3 is 4.72 Å². The minimum atomic E-state index is 0.739. The zero-order chi connectivity index (χ0) is 13.0. The highest BCUT2D eigenvalue weighted by Gasteiger charge is 2.03. The summed E-state index contributed by atoms with van der Waals surface area (Å²) in [7, 11) is 0. The average Bonchev–Trinajstić information content (AvgIpc) is 2.39. The summed E-state index contributed by atoms with van der Waals surface area (Å²) in [5.74, 6) is 0.833. The van der Waals surface area contributed by atoms with E-state index >= 15 is 0 Å². The number of pyridine rings is 1. The molecule has 1 aromatic carbocycles. The van der Waals surface area contributed by atoms with E-state index in [2.05, 4.69) is 32.6 Å². The Labute approximate surface area is 124 Å². The van der Waals surface area contributed by atoms with Crippen LogP contribution in [0.2, 0.25) is 5.02 Å². The third-order valence-corrected chi connectivity index (χ3v) is 4.41. The van der Waals surface area contributed by atoms with E-state index in [1.807, 2.05) is 36.4 Å². The van der Waals surface area contributed by atoms with Gasteiger partial charge >= 0.3 is 0 Å². The smallest absolute Gasteiger partial charge is 0.136 e. The van der Waals surface area contributed by atoms with Gasteiger partial charge in [0.2, 0.25) is 0 Å². The summed E-state index contributed by atoms with van der Waals surface area (Å²) in [6, 6.07) is 11.7. The second-order valence-electron chi connectivity index (χ2n) is 3.61. The predicted octanol–water partition coefficient (Wildman–Crippen LogP) is 5.18. The maximum absolute atomic E-state index is 6.09. The Morgan fingerprint density at radius 3 is 2.78 bits per heavy atom. The quantitative estimate of drug-likeness (QED) is 0.774. The van der Waals surface area contributed by atoms with Crippen molar-refractivity contribution in [3.63, 3.8) is 0 Å². The molecule has 0 atom stereocenters. The van der Waals surface area contributed by atoms with Gasteiger partial charge in [-0.1, -0.05) is 30.7 Å². The predicted molar refractivity (Wildman–Crippen MR) is 82.2 cm³/mol. The number of nitrogens with one attached hydrogen (secondary N) is 1. The minimum absolute atomic E-state index is 0.739. The molecule has 1 heterocycles. The molecule has 94 valence electrons. The van der Waals surface area contributed by atoms with Crippen LogP contribution < -0.4 is 4.72 Å². The maximum atomic E-state index is 6.09. The van der Waals surface area contributed by atoms with Crippen LogP contribution in [-0.4, -0.2) is 4.98 Å².